The van der Waals surface area contributed by atoms with E-state index in [0.29, 0.717) is 12.4 Å². The average molecular weight is 595 g/mol. The molecule has 0 radical (unpaired) electrons. The van der Waals surface area contributed by atoms with E-state index in [0.717, 1.165) is 25.9 Å². The molecule has 2 aromatic rings. The number of benzene rings is 1. The molecule has 0 atom stereocenters. The van der Waals surface area contributed by atoms with Crippen LogP contribution in [0.2, 0.25) is 0 Å². The molecule has 0 saturated heterocycles. The van der Waals surface area contributed by atoms with E-state index in [2.05, 4.69) is 85.0 Å². The summed E-state index contributed by atoms with van der Waals surface area (Å²) in [7, 11) is 0. The molecule has 0 unspecified atom stereocenters. The van der Waals surface area contributed by atoms with Gasteiger partial charge in [-0.1, -0.05) is 0 Å². The van der Waals surface area contributed by atoms with Crippen molar-refractivity contribution in [3.63, 3.8) is 0 Å². The second-order valence-corrected chi connectivity index (χ2v) is 7.47. The number of aryl methyl sites for hydroxylation is 1. The first kappa shape index (κ1) is 15.6. The van der Waals surface area contributed by atoms with Crippen LogP contribution in [0.1, 0.15) is 6.42 Å². The lowest BCUT2D eigenvalue weighted by atomic mass is 10.3. The molecule has 2 rings (SSSR count). The predicted octanol–water partition coefficient (Wildman–Crippen LogP) is 3.75. The van der Waals surface area contributed by atoms with Crippen LogP contribution >= 0.6 is 67.8 Å². The summed E-state index contributed by atoms with van der Waals surface area (Å²) >= 11 is 6.93. The van der Waals surface area contributed by atoms with Crippen molar-refractivity contribution in [3.05, 3.63) is 35.1 Å². The van der Waals surface area contributed by atoms with Crippen LogP contribution in [0.4, 0.5) is 5.82 Å². The zero-order valence-electron chi connectivity index (χ0n) is 9.94. The highest BCUT2D eigenvalue weighted by atomic mass is 127. The second kappa shape index (κ2) is 7.29. The van der Waals surface area contributed by atoms with Gasteiger partial charge in [-0.05, 0) is 86.0 Å². The van der Waals surface area contributed by atoms with Gasteiger partial charge in [0.25, 0.3) is 0 Å². The Labute approximate surface area is 152 Å². The third-order valence-electron chi connectivity index (χ3n) is 2.40. The topological polar surface area (TPSA) is 53.1 Å². The van der Waals surface area contributed by atoms with Crippen LogP contribution in [0.25, 0.3) is 0 Å². The fraction of sp³-hybridized carbons (Fsp3) is 0.250. The Morgan fingerprint density at radius 1 is 1.21 bits per heavy atom. The fourth-order valence-corrected chi connectivity index (χ4v) is 5.46. The van der Waals surface area contributed by atoms with Gasteiger partial charge in [-0.25, -0.2) is 0 Å². The summed E-state index contributed by atoms with van der Waals surface area (Å²) in [4.78, 5) is 0. The highest BCUT2D eigenvalue weighted by Gasteiger charge is 2.07. The first-order valence-corrected chi connectivity index (χ1v) is 8.86. The van der Waals surface area contributed by atoms with Gasteiger partial charge in [-0.2, -0.15) is 5.10 Å². The van der Waals surface area contributed by atoms with Crippen LogP contribution in [0.5, 0.6) is 5.75 Å². The van der Waals surface area contributed by atoms with Crippen molar-refractivity contribution in [1.29, 1.82) is 0 Å². The Morgan fingerprint density at radius 3 is 2.47 bits per heavy atom. The molecule has 2 N–H and O–H groups in total. The Hall–Kier alpha value is 0.220. The highest BCUT2D eigenvalue weighted by Crippen LogP contribution is 2.29. The van der Waals surface area contributed by atoms with Crippen molar-refractivity contribution in [3.8, 4) is 5.75 Å². The fourth-order valence-electron chi connectivity index (χ4n) is 1.57. The molecule has 4 nitrogen and oxygen atoms in total. The number of ether oxygens (including phenoxy) is 1. The smallest absolute Gasteiger partial charge is 0.145 e. The number of halogens is 3. The standard InChI is InChI=1S/C12H12I3N3O/c13-8-6-9(14)12(10(15)7-8)19-5-1-3-18-4-2-11(16)17-18/h2,4,6-7H,1,3,5H2,(H2,16,17). The van der Waals surface area contributed by atoms with Crippen LogP contribution in [0.15, 0.2) is 24.4 Å². The second-order valence-electron chi connectivity index (χ2n) is 3.90. The van der Waals surface area contributed by atoms with Gasteiger partial charge < -0.3 is 10.5 Å². The number of hydrogen-bond donors (Lipinski definition) is 1. The third-order valence-corrected chi connectivity index (χ3v) is 4.63. The van der Waals surface area contributed by atoms with Crippen molar-refractivity contribution in [2.24, 2.45) is 0 Å². The van der Waals surface area contributed by atoms with E-state index in [1.165, 1.54) is 3.57 Å². The average Bonchev–Trinajstić information content (AvgIpc) is 2.73. The predicted molar refractivity (Wildman–Crippen MR) is 101 cm³/mol. The van der Waals surface area contributed by atoms with E-state index >= 15 is 0 Å². The molecule has 0 amide bonds. The van der Waals surface area contributed by atoms with Gasteiger partial charge in [0.05, 0.1) is 13.7 Å². The maximum absolute atomic E-state index is 5.86. The van der Waals surface area contributed by atoms with Crippen molar-refractivity contribution in [1.82, 2.24) is 9.78 Å². The summed E-state index contributed by atoms with van der Waals surface area (Å²) in [6, 6.07) is 6.03. The lowest BCUT2D eigenvalue weighted by Gasteiger charge is -2.11. The maximum Gasteiger partial charge on any atom is 0.145 e. The number of aromatic nitrogens is 2. The molecule has 1 heterocycles. The Morgan fingerprint density at radius 2 is 1.89 bits per heavy atom. The molecule has 0 aliphatic carbocycles. The molecule has 0 aliphatic heterocycles. The van der Waals surface area contributed by atoms with Crippen molar-refractivity contribution in [2.45, 2.75) is 13.0 Å². The summed E-state index contributed by atoms with van der Waals surface area (Å²) in [5.74, 6) is 1.53. The van der Waals surface area contributed by atoms with Gasteiger partial charge in [-0.15, -0.1) is 0 Å². The first-order valence-electron chi connectivity index (χ1n) is 5.62. The van der Waals surface area contributed by atoms with Crippen molar-refractivity contribution >= 4 is 73.6 Å². The summed E-state index contributed by atoms with van der Waals surface area (Å²) < 4.78 is 11.2. The van der Waals surface area contributed by atoms with Crippen LogP contribution in [0, 0.1) is 10.7 Å². The molecule has 0 bridgehead atoms. The number of rotatable bonds is 5. The third kappa shape index (κ3) is 4.62. The summed E-state index contributed by atoms with van der Waals surface area (Å²) in [5.41, 5.74) is 5.56. The minimum atomic E-state index is 0.558. The molecule has 1 aromatic carbocycles. The number of nitrogens with two attached hydrogens (primary N) is 1. The monoisotopic (exact) mass is 595 g/mol. The summed E-state index contributed by atoms with van der Waals surface area (Å²) in [6.07, 6.45) is 2.78. The number of nitrogen functional groups attached to an aromatic ring is 1. The van der Waals surface area contributed by atoms with Crippen molar-refractivity contribution < 1.29 is 4.74 Å². The van der Waals surface area contributed by atoms with Gasteiger partial charge >= 0.3 is 0 Å². The molecule has 0 aliphatic rings. The summed E-state index contributed by atoms with van der Waals surface area (Å²) in [5, 5.41) is 4.14. The van der Waals surface area contributed by atoms with E-state index in [1.807, 2.05) is 10.9 Å². The van der Waals surface area contributed by atoms with E-state index in [1.54, 1.807) is 6.07 Å². The number of hydrogen-bond acceptors (Lipinski definition) is 3. The zero-order valence-corrected chi connectivity index (χ0v) is 16.4. The molecule has 0 spiro atoms. The minimum absolute atomic E-state index is 0.558. The van der Waals surface area contributed by atoms with Crippen LogP contribution in [-0.2, 0) is 6.54 Å². The highest BCUT2D eigenvalue weighted by molar-refractivity contribution is 14.1. The molecular weight excluding hydrogens is 583 g/mol. The van der Waals surface area contributed by atoms with Crippen LogP contribution < -0.4 is 10.5 Å². The number of nitrogens with zero attached hydrogens (tertiary/aromatic N) is 2. The van der Waals surface area contributed by atoms with Gasteiger partial charge in [0.15, 0.2) is 0 Å². The lowest BCUT2D eigenvalue weighted by Crippen LogP contribution is -2.07. The van der Waals surface area contributed by atoms with Gasteiger partial charge in [0, 0.05) is 22.7 Å². The lowest BCUT2D eigenvalue weighted by molar-refractivity contribution is 0.295. The normalized spacial score (nSPS) is 10.7. The summed E-state index contributed by atoms with van der Waals surface area (Å²) in [6.45, 7) is 1.49. The van der Waals surface area contributed by atoms with Crippen LogP contribution in [0.3, 0.4) is 0 Å². The minimum Gasteiger partial charge on any atom is -0.491 e. The Bertz CT molecular complexity index is 548. The molecule has 19 heavy (non-hydrogen) atoms. The quantitative estimate of drug-likeness (QED) is 0.424. The molecule has 102 valence electrons. The van der Waals surface area contributed by atoms with E-state index in [-0.39, 0.29) is 0 Å². The molecule has 0 fully saturated rings. The SMILES string of the molecule is Nc1ccn(CCCOc2c(I)cc(I)cc2I)n1. The molecule has 1 aromatic heterocycles. The van der Waals surface area contributed by atoms with Gasteiger partial charge in [-0.3, -0.25) is 4.68 Å². The number of anilines is 1. The molecular formula is C12H12I3N3O. The largest absolute Gasteiger partial charge is 0.491 e. The van der Waals surface area contributed by atoms with Gasteiger partial charge in [0.2, 0.25) is 0 Å². The molecule has 0 saturated carbocycles. The Kier molecular flexibility index (Phi) is 5.99. The van der Waals surface area contributed by atoms with E-state index < -0.39 is 0 Å². The van der Waals surface area contributed by atoms with Crippen molar-refractivity contribution in [2.75, 3.05) is 12.3 Å². The van der Waals surface area contributed by atoms with Gasteiger partial charge in [0.1, 0.15) is 11.6 Å². The van der Waals surface area contributed by atoms with E-state index in [9.17, 15) is 0 Å². The molecule has 7 heteroatoms. The van der Waals surface area contributed by atoms with Crippen LogP contribution in [-0.4, -0.2) is 16.4 Å². The maximum atomic E-state index is 5.86. The zero-order chi connectivity index (χ0) is 13.8. The van der Waals surface area contributed by atoms with E-state index in [4.69, 9.17) is 10.5 Å². The Balaban J connectivity index is 1.86. The first-order chi connectivity index (χ1) is 9.06.